The zero-order chi connectivity index (χ0) is 10.1. The molecule has 0 aromatic heterocycles. The van der Waals surface area contributed by atoms with Crippen LogP contribution in [0.5, 0.6) is 0 Å². The third kappa shape index (κ3) is 3.25. The lowest BCUT2D eigenvalue weighted by molar-refractivity contribution is -0.152. The molecule has 0 radical (unpaired) electrons. The van der Waals surface area contributed by atoms with Crippen LogP contribution in [0.1, 0.15) is 34.1 Å². The van der Waals surface area contributed by atoms with E-state index in [9.17, 15) is 5.11 Å². The predicted molar refractivity (Wildman–Crippen MR) is 50.4 cm³/mol. The van der Waals surface area contributed by atoms with Gasteiger partial charge in [0.1, 0.15) is 6.10 Å². The first-order chi connectivity index (χ1) is 5.91. The van der Waals surface area contributed by atoms with Gasteiger partial charge in [0, 0.05) is 0 Å². The molecule has 3 nitrogen and oxygen atoms in total. The Morgan fingerprint density at radius 3 is 2.46 bits per heavy atom. The highest BCUT2D eigenvalue weighted by Gasteiger charge is 2.36. The average molecular weight is 188 g/mol. The molecule has 1 aliphatic heterocycles. The highest BCUT2D eigenvalue weighted by Crippen LogP contribution is 2.26. The Hall–Kier alpha value is -0.120. The topological polar surface area (TPSA) is 38.7 Å². The molecule has 0 aliphatic carbocycles. The van der Waals surface area contributed by atoms with Crippen molar-refractivity contribution in [1.82, 2.24) is 0 Å². The molecule has 0 unspecified atom stereocenters. The van der Waals surface area contributed by atoms with Crippen LogP contribution < -0.4 is 0 Å². The van der Waals surface area contributed by atoms with E-state index in [1.54, 1.807) is 0 Å². The standard InChI is InChI=1S/C10H20O3/c1-7(2)5-8(11)9-6-12-10(3,4)13-9/h7-9,11H,5-6H2,1-4H3/t8-,9-/m1/s1. The van der Waals surface area contributed by atoms with Crippen LogP contribution in [0.2, 0.25) is 0 Å². The minimum Gasteiger partial charge on any atom is -0.390 e. The van der Waals surface area contributed by atoms with Crippen LogP contribution in [0.25, 0.3) is 0 Å². The van der Waals surface area contributed by atoms with Gasteiger partial charge in [-0.1, -0.05) is 13.8 Å². The lowest BCUT2D eigenvalue weighted by Gasteiger charge is -2.21. The summed E-state index contributed by atoms with van der Waals surface area (Å²) in [7, 11) is 0. The fourth-order valence-electron chi connectivity index (χ4n) is 1.54. The maximum atomic E-state index is 9.75. The molecule has 0 saturated carbocycles. The van der Waals surface area contributed by atoms with E-state index in [-0.39, 0.29) is 6.10 Å². The van der Waals surface area contributed by atoms with Crippen molar-refractivity contribution in [3.63, 3.8) is 0 Å². The number of aliphatic hydroxyl groups excluding tert-OH is 1. The summed E-state index contributed by atoms with van der Waals surface area (Å²) in [5, 5.41) is 9.75. The van der Waals surface area contributed by atoms with Crippen molar-refractivity contribution in [3.05, 3.63) is 0 Å². The van der Waals surface area contributed by atoms with Crippen molar-refractivity contribution in [2.45, 2.75) is 52.1 Å². The van der Waals surface area contributed by atoms with Crippen molar-refractivity contribution < 1.29 is 14.6 Å². The minimum absolute atomic E-state index is 0.155. The molecule has 3 heteroatoms. The second-order valence-corrected chi connectivity index (χ2v) is 4.56. The molecule has 1 aliphatic rings. The molecule has 13 heavy (non-hydrogen) atoms. The molecule has 0 aromatic carbocycles. The van der Waals surface area contributed by atoms with Crippen LogP contribution in [0.15, 0.2) is 0 Å². The molecule has 1 N–H and O–H groups in total. The molecule has 0 spiro atoms. The Morgan fingerprint density at radius 2 is 2.08 bits per heavy atom. The van der Waals surface area contributed by atoms with E-state index in [0.717, 1.165) is 6.42 Å². The Balaban J connectivity index is 2.37. The lowest BCUT2D eigenvalue weighted by atomic mass is 10.0. The highest BCUT2D eigenvalue weighted by atomic mass is 16.7. The summed E-state index contributed by atoms with van der Waals surface area (Å²) in [6.45, 7) is 8.42. The van der Waals surface area contributed by atoms with E-state index in [1.165, 1.54) is 0 Å². The van der Waals surface area contributed by atoms with E-state index >= 15 is 0 Å². The van der Waals surface area contributed by atoms with Crippen LogP contribution in [0.3, 0.4) is 0 Å². The van der Waals surface area contributed by atoms with Gasteiger partial charge in [0.25, 0.3) is 0 Å². The van der Waals surface area contributed by atoms with Gasteiger partial charge in [0.05, 0.1) is 12.7 Å². The van der Waals surface area contributed by atoms with Crippen molar-refractivity contribution in [2.75, 3.05) is 6.61 Å². The van der Waals surface area contributed by atoms with Gasteiger partial charge in [-0.15, -0.1) is 0 Å². The van der Waals surface area contributed by atoms with E-state index < -0.39 is 11.9 Å². The van der Waals surface area contributed by atoms with Crippen molar-refractivity contribution in [3.8, 4) is 0 Å². The smallest absolute Gasteiger partial charge is 0.163 e. The van der Waals surface area contributed by atoms with E-state index in [1.807, 2.05) is 13.8 Å². The number of ether oxygens (including phenoxy) is 2. The van der Waals surface area contributed by atoms with E-state index in [4.69, 9.17) is 9.47 Å². The molecular weight excluding hydrogens is 168 g/mol. The summed E-state index contributed by atoms with van der Waals surface area (Å²) in [6, 6.07) is 0. The first-order valence-electron chi connectivity index (χ1n) is 4.90. The summed E-state index contributed by atoms with van der Waals surface area (Å²) in [5.74, 6) is -0.0369. The largest absolute Gasteiger partial charge is 0.390 e. The van der Waals surface area contributed by atoms with Gasteiger partial charge in [-0.2, -0.15) is 0 Å². The van der Waals surface area contributed by atoms with Gasteiger partial charge >= 0.3 is 0 Å². The molecule has 0 aromatic rings. The first-order valence-corrected chi connectivity index (χ1v) is 4.90. The maximum absolute atomic E-state index is 9.75. The van der Waals surface area contributed by atoms with Gasteiger partial charge in [0.15, 0.2) is 5.79 Å². The van der Waals surface area contributed by atoms with Crippen LogP contribution in [0.4, 0.5) is 0 Å². The lowest BCUT2D eigenvalue weighted by Crippen LogP contribution is -2.31. The summed E-state index contributed by atoms with van der Waals surface area (Å²) in [4.78, 5) is 0. The number of hydrogen-bond donors (Lipinski definition) is 1. The zero-order valence-electron chi connectivity index (χ0n) is 8.91. The summed E-state index contributed by atoms with van der Waals surface area (Å²) >= 11 is 0. The Labute approximate surface area is 80.0 Å². The molecule has 78 valence electrons. The molecular formula is C10H20O3. The normalized spacial score (nSPS) is 29.5. The Kier molecular flexibility index (Phi) is 3.33. The Morgan fingerprint density at radius 1 is 1.46 bits per heavy atom. The molecule has 0 amide bonds. The average Bonchev–Trinajstić information content (AvgIpc) is 2.28. The van der Waals surface area contributed by atoms with E-state index in [2.05, 4.69) is 13.8 Å². The molecule has 1 heterocycles. The summed E-state index contributed by atoms with van der Waals surface area (Å²) in [5.41, 5.74) is 0. The van der Waals surface area contributed by atoms with Crippen molar-refractivity contribution >= 4 is 0 Å². The molecule has 2 atom stereocenters. The maximum Gasteiger partial charge on any atom is 0.163 e. The number of hydrogen-bond acceptors (Lipinski definition) is 3. The predicted octanol–water partition coefficient (Wildman–Crippen LogP) is 1.54. The van der Waals surface area contributed by atoms with E-state index in [0.29, 0.717) is 12.5 Å². The second-order valence-electron chi connectivity index (χ2n) is 4.56. The zero-order valence-corrected chi connectivity index (χ0v) is 8.91. The van der Waals surface area contributed by atoms with Crippen molar-refractivity contribution in [1.29, 1.82) is 0 Å². The van der Waals surface area contributed by atoms with Gasteiger partial charge in [-0.3, -0.25) is 0 Å². The first kappa shape index (κ1) is 11.0. The van der Waals surface area contributed by atoms with Crippen LogP contribution in [-0.2, 0) is 9.47 Å². The highest BCUT2D eigenvalue weighted by molar-refractivity contribution is 4.77. The molecule has 1 saturated heterocycles. The minimum atomic E-state index is -0.525. The molecule has 1 rings (SSSR count). The quantitative estimate of drug-likeness (QED) is 0.730. The Bertz CT molecular complexity index is 166. The number of aliphatic hydroxyl groups is 1. The summed E-state index contributed by atoms with van der Waals surface area (Å²) < 4.78 is 10.9. The SMILES string of the molecule is CC(C)C[C@@H](O)[C@H]1COC(C)(C)O1. The van der Waals surface area contributed by atoms with Crippen molar-refractivity contribution in [2.24, 2.45) is 5.92 Å². The van der Waals surface area contributed by atoms with Gasteiger partial charge < -0.3 is 14.6 Å². The fourth-order valence-corrected chi connectivity index (χ4v) is 1.54. The van der Waals surface area contributed by atoms with Gasteiger partial charge in [-0.25, -0.2) is 0 Å². The van der Waals surface area contributed by atoms with Crippen LogP contribution in [-0.4, -0.2) is 29.7 Å². The third-order valence-electron chi connectivity index (χ3n) is 2.17. The number of rotatable bonds is 3. The van der Waals surface area contributed by atoms with Crippen LogP contribution in [0, 0.1) is 5.92 Å². The van der Waals surface area contributed by atoms with Gasteiger partial charge in [0.2, 0.25) is 0 Å². The second kappa shape index (κ2) is 3.95. The third-order valence-corrected chi connectivity index (χ3v) is 2.17. The van der Waals surface area contributed by atoms with Crippen LogP contribution >= 0.6 is 0 Å². The van der Waals surface area contributed by atoms with Gasteiger partial charge in [-0.05, 0) is 26.2 Å². The fraction of sp³-hybridized carbons (Fsp3) is 1.00. The summed E-state index contributed by atoms with van der Waals surface area (Å²) in [6.07, 6.45) is 0.212. The molecule has 0 bridgehead atoms. The molecule has 1 fully saturated rings. The monoisotopic (exact) mass is 188 g/mol.